The van der Waals surface area contributed by atoms with Gasteiger partial charge < -0.3 is 10.2 Å². The molecule has 1 fully saturated rings. The standard InChI is InChI=1S/C16H20FNO3/c1-11-9-18(7-6-15(11)19)10-13-4-2-12(8-14(13)17)3-5-16(20)21/h2-5,8,11,15,19H,6-7,9-10H2,1H3,(H,20,21)/b5-3+. The number of hydrogen-bond acceptors (Lipinski definition) is 3. The van der Waals surface area contributed by atoms with Gasteiger partial charge in [-0.05, 0) is 30.0 Å². The molecule has 5 heteroatoms. The summed E-state index contributed by atoms with van der Waals surface area (Å²) in [4.78, 5) is 12.6. The number of piperidine rings is 1. The Kier molecular flexibility index (Phi) is 5.09. The Bertz CT molecular complexity index is 544. The summed E-state index contributed by atoms with van der Waals surface area (Å²) in [7, 11) is 0. The van der Waals surface area contributed by atoms with E-state index in [0.717, 1.165) is 19.2 Å². The summed E-state index contributed by atoms with van der Waals surface area (Å²) in [5, 5.41) is 18.3. The molecule has 2 rings (SSSR count). The lowest BCUT2D eigenvalue weighted by molar-refractivity contribution is -0.131. The summed E-state index contributed by atoms with van der Waals surface area (Å²) in [6.07, 6.45) is 2.80. The minimum absolute atomic E-state index is 0.194. The molecule has 1 heterocycles. The van der Waals surface area contributed by atoms with E-state index in [2.05, 4.69) is 4.90 Å². The molecule has 21 heavy (non-hydrogen) atoms. The van der Waals surface area contributed by atoms with Crippen LogP contribution in [-0.4, -0.2) is 40.3 Å². The normalized spacial score (nSPS) is 23.6. The molecule has 2 atom stereocenters. The smallest absolute Gasteiger partial charge is 0.328 e. The van der Waals surface area contributed by atoms with Gasteiger partial charge in [0.1, 0.15) is 5.82 Å². The number of carbonyl (C=O) groups is 1. The number of benzene rings is 1. The molecule has 1 aromatic rings. The van der Waals surface area contributed by atoms with E-state index in [-0.39, 0.29) is 17.8 Å². The third kappa shape index (κ3) is 4.37. The number of likely N-dealkylation sites (tertiary alicyclic amines) is 1. The van der Waals surface area contributed by atoms with Crippen molar-refractivity contribution in [2.24, 2.45) is 5.92 Å². The van der Waals surface area contributed by atoms with Gasteiger partial charge in [0.05, 0.1) is 6.10 Å². The van der Waals surface area contributed by atoms with Gasteiger partial charge in [0.15, 0.2) is 0 Å². The molecule has 114 valence electrons. The Hall–Kier alpha value is -1.72. The highest BCUT2D eigenvalue weighted by molar-refractivity contribution is 5.85. The van der Waals surface area contributed by atoms with Gasteiger partial charge in [0, 0.05) is 31.3 Å². The van der Waals surface area contributed by atoms with Gasteiger partial charge >= 0.3 is 5.97 Å². The summed E-state index contributed by atoms with van der Waals surface area (Å²) in [6.45, 7) is 4.01. The minimum atomic E-state index is -1.06. The molecule has 2 N–H and O–H groups in total. The predicted octanol–water partition coefficient (Wildman–Crippen LogP) is 2.13. The van der Waals surface area contributed by atoms with E-state index in [0.29, 0.717) is 24.1 Å². The Balaban J connectivity index is 2.02. The Morgan fingerprint density at radius 3 is 2.90 bits per heavy atom. The van der Waals surface area contributed by atoms with Gasteiger partial charge in [-0.2, -0.15) is 0 Å². The van der Waals surface area contributed by atoms with E-state index >= 15 is 0 Å². The number of aliphatic hydroxyl groups is 1. The zero-order valence-electron chi connectivity index (χ0n) is 12.0. The van der Waals surface area contributed by atoms with Crippen LogP contribution in [0.1, 0.15) is 24.5 Å². The van der Waals surface area contributed by atoms with Gasteiger partial charge in [-0.25, -0.2) is 9.18 Å². The Morgan fingerprint density at radius 2 is 2.29 bits per heavy atom. The number of aliphatic hydroxyl groups excluding tert-OH is 1. The van der Waals surface area contributed by atoms with Crippen molar-refractivity contribution in [3.05, 3.63) is 41.2 Å². The molecule has 0 aliphatic carbocycles. The number of hydrogen-bond donors (Lipinski definition) is 2. The highest BCUT2D eigenvalue weighted by Gasteiger charge is 2.24. The van der Waals surface area contributed by atoms with Gasteiger partial charge in [-0.3, -0.25) is 4.90 Å². The number of rotatable bonds is 4. The summed E-state index contributed by atoms with van der Waals surface area (Å²) in [5.41, 5.74) is 1.12. The van der Waals surface area contributed by atoms with Crippen molar-refractivity contribution in [1.29, 1.82) is 0 Å². The van der Waals surface area contributed by atoms with Crippen LogP contribution in [0.25, 0.3) is 6.08 Å². The number of carboxylic acids is 1. The molecule has 1 aromatic carbocycles. The van der Waals surface area contributed by atoms with Crippen molar-refractivity contribution < 1.29 is 19.4 Å². The molecule has 0 bridgehead atoms. The van der Waals surface area contributed by atoms with Crippen LogP contribution in [0.15, 0.2) is 24.3 Å². The van der Waals surface area contributed by atoms with E-state index in [9.17, 15) is 14.3 Å². The number of carboxylic acid groups (broad SMARTS) is 1. The van der Waals surface area contributed by atoms with Crippen molar-refractivity contribution in [2.75, 3.05) is 13.1 Å². The Morgan fingerprint density at radius 1 is 1.52 bits per heavy atom. The average molecular weight is 293 g/mol. The Labute approximate surface area is 123 Å². The van der Waals surface area contributed by atoms with Crippen LogP contribution in [0.5, 0.6) is 0 Å². The third-order valence-electron chi connectivity index (χ3n) is 3.83. The van der Waals surface area contributed by atoms with Crippen LogP contribution in [0.3, 0.4) is 0 Å². The van der Waals surface area contributed by atoms with E-state index < -0.39 is 5.97 Å². The molecule has 0 amide bonds. The second-order valence-corrected chi connectivity index (χ2v) is 5.59. The fourth-order valence-corrected chi connectivity index (χ4v) is 2.57. The highest BCUT2D eigenvalue weighted by Crippen LogP contribution is 2.20. The molecule has 0 saturated carbocycles. The second-order valence-electron chi connectivity index (χ2n) is 5.59. The average Bonchev–Trinajstić information content (AvgIpc) is 2.43. The van der Waals surface area contributed by atoms with Crippen LogP contribution in [0, 0.1) is 11.7 Å². The van der Waals surface area contributed by atoms with Crippen molar-refractivity contribution in [2.45, 2.75) is 26.0 Å². The van der Waals surface area contributed by atoms with Crippen LogP contribution in [0.2, 0.25) is 0 Å². The van der Waals surface area contributed by atoms with Gasteiger partial charge in [-0.15, -0.1) is 0 Å². The van der Waals surface area contributed by atoms with Crippen molar-refractivity contribution in [1.82, 2.24) is 4.90 Å². The first kappa shape index (κ1) is 15.7. The van der Waals surface area contributed by atoms with Crippen LogP contribution in [-0.2, 0) is 11.3 Å². The molecular formula is C16H20FNO3. The first-order valence-corrected chi connectivity index (χ1v) is 7.05. The molecule has 0 radical (unpaired) electrons. The summed E-state index contributed by atoms with van der Waals surface area (Å²) < 4.78 is 14.0. The van der Waals surface area contributed by atoms with Gasteiger partial charge in [0.25, 0.3) is 0 Å². The van der Waals surface area contributed by atoms with Gasteiger partial charge in [0.2, 0.25) is 0 Å². The molecule has 1 saturated heterocycles. The second kappa shape index (κ2) is 6.83. The van der Waals surface area contributed by atoms with Crippen LogP contribution in [0.4, 0.5) is 4.39 Å². The van der Waals surface area contributed by atoms with Crippen LogP contribution >= 0.6 is 0 Å². The summed E-state index contributed by atoms with van der Waals surface area (Å²) in [6, 6.07) is 4.74. The minimum Gasteiger partial charge on any atom is -0.478 e. The molecule has 0 spiro atoms. The maximum absolute atomic E-state index is 14.0. The summed E-state index contributed by atoms with van der Waals surface area (Å²) in [5.74, 6) is -1.19. The monoisotopic (exact) mass is 293 g/mol. The topological polar surface area (TPSA) is 60.8 Å². The van der Waals surface area contributed by atoms with Crippen molar-refractivity contribution in [3.63, 3.8) is 0 Å². The number of nitrogens with zero attached hydrogens (tertiary/aromatic N) is 1. The quantitative estimate of drug-likeness (QED) is 0.835. The van der Waals surface area contributed by atoms with Crippen molar-refractivity contribution in [3.8, 4) is 0 Å². The first-order chi connectivity index (χ1) is 9.95. The zero-order chi connectivity index (χ0) is 15.4. The number of halogens is 1. The van der Waals surface area contributed by atoms with E-state index in [1.807, 2.05) is 6.92 Å². The molecule has 0 aromatic heterocycles. The highest BCUT2D eigenvalue weighted by atomic mass is 19.1. The molecule has 1 aliphatic heterocycles. The van der Waals surface area contributed by atoms with E-state index in [1.54, 1.807) is 12.1 Å². The number of aliphatic carboxylic acids is 1. The first-order valence-electron chi connectivity index (χ1n) is 7.05. The summed E-state index contributed by atoms with van der Waals surface area (Å²) >= 11 is 0. The molecule has 2 unspecified atom stereocenters. The van der Waals surface area contributed by atoms with Crippen molar-refractivity contribution >= 4 is 12.0 Å². The van der Waals surface area contributed by atoms with E-state index in [1.165, 1.54) is 12.1 Å². The lowest BCUT2D eigenvalue weighted by atomic mass is 9.96. The maximum atomic E-state index is 14.0. The molecular weight excluding hydrogens is 273 g/mol. The van der Waals surface area contributed by atoms with Crippen LogP contribution < -0.4 is 0 Å². The largest absolute Gasteiger partial charge is 0.478 e. The molecule has 4 nitrogen and oxygen atoms in total. The zero-order valence-corrected chi connectivity index (χ0v) is 12.0. The fourth-order valence-electron chi connectivity index (χ4n) is 2.57. The maximum Gasteiger partial charge on any atom is 0.328 e. The lowest BCUT2D eigenvalue weighted by Crippen LogP contribution is -2.41. The predicted molar refractivity (Wildman–Crippen MR) is 78.1 cm³/mol. The fraction of sp³-hybridized carbons (Fsp3) is 0.438. The van der Waals surface area contributed by atoms with E-state index in [4.69, 9.17) is 5.11 Å². The van der Waals surface area contributed by atoms with Gasteiger partial charge in [-0.1, -0.05) is 19.1 Å². The SMILES string of the molecule is CC1CN(Cc2ccc(/C=C/C(=O)O)cc2F)CCC1O. The third-order valence-corrected chi connectivity index (χ3v) is 3.83. The molecule has 1 aliphatic rings. The lowest BCUT2D eigenvalue weighted by Gasteiger charge is -2.34.